The van der Waals surface area contributed by atoms with E-state index in [0.29, 0.717) is 13.0 Å². The Hall–Kier alpha value is -0.950. The molecule has 23 heavy (non-hydrogen) atoms. The van der Waals surface area contributed by atoms with Gasteiger partial charge < -0.3 is 15.2 Å². The van der Waals surface area contributed by atoms with Crippen molar-refractivity contribution >= 4 is 9.84 Å². The molecule has 1 aromatic rings. The highest BCUT2D eigenvalue weighted by Crippen LogP contribution is 2.32. The number of aliphatic hydroxyl groups excluding tert-OH is 1. The molecular formula is C17H25NO4S. The molecule has 3 atom stereocenters. The van der Waals surface area contributed by atoms with Gasteiger partial charge in [0.15, 0.2) is 9.84 Å². The van der Waals surface area contributed by atoms with Crippen molar-refractivity contribution in [2.24, 2.45) is 0 Å². The van der Waals surface area contributed by atoms with Gasteiger partial charge in [0.1, 0.15) is 0 Å². The molecule has 2 N–H and O–H groups in total. The van der Waals surface area contributed by atoms with Crippen LogP contribution in [-0.2, 0) is 21.0 Å². The van der Waals surface area contributed by atoms with Crippen LogP contribution >= 0.6 is 0 Å². The Morgan fingerprint density at radius 3 is 2.91 bits per heavy atom. The number of hydrogen-bond acceptors (Lipinski definition) is 5. The summed E-state index contributed by atoms with van der Waals surface area (Å²) >= 11 is 0. The molecule has 1 aromatic carbocycles. The van der Waals surface area contributed by atoms with E-state index in [0.717, 1.165) is 19.3 Å². The maximum Gasteiger partial charge on any atom is 0.151 e. The number of ether oxygens (including phenoxy) is 1. The summed E-state index contributed by atoms with van der Waals surface area (Å²) in [4.78, 5) is 0. The van der Waals surface area contributed by atoms with Crippen molar-refractivity contribution in [2.45, 2.75) is 43.9 Å². The van der Waals surface area contributed by atoms with Crippen LogP contribution in [-0.4, -0.2) is 50.3 Å². The standard InChI is InChI=1S/C17H25NO4S/c19-15(10-18-14-8-9-23(20,21)12-14)11-22-17-7-3-5-13-4-1-2-6-16(13)17/h1-2,4,6,14-15,17-19H,3,5,7-12H2/t14-,15-,17+/m1/s1. The SMILES string of the molecule is O=S1(=O)CC[C@@H](NC[C@@H](O)CO[C@H]2CCCc3ccccc32)C1. The van der Waals surface area contributed by atoms with Gasteiger partial charge >= 0.3 is 0 Å². The summed E-state index contributed by atoms with van der Waals surface area (Å²) < 4.78 is 28.7. The molecule has 0 spiro atoms. The number of nitrogens with one attached hydrogen (secondary N) is 1. The molecule has 0 saturated carbocycles. The maximum absolute atomic E-state index is 11.4. The van der Waals surface area contributed by atoms with Crippen LogP contribution in [0.2, 0.25) is 0 Å². The van der Waals surface area contributed by atoms with E-state index in [1.165, 1.54) is 11.1 Å². The minimum Gasteiger partial charge on any atom is -0.389 e. The van der Waals surface area contributed by atoms with Crippen LogP contribution in [0.5, 0.6) is 0 Å². The van der Waals surface area contributed by atoms with Crippen LogP contribution < -0.4 is 5.32 Å². The van der Waals surface area contributed by atoms with Crippen molar-refractivity contribution in [1.29, 1.82) is 0 Å². The molecule has 0 aromatic heterocycles. The second-order valence-corrected chi connectivity index (χ2v) is 8.80. The van der Waals surface area contributed by atoms with E-state index in [-0.39, 0.29) is 30.3 Å². The number of benzene rings is 1. The van der Waals surface area contributed by atoms with E-state index in [4.69, 9.17) is 4.74 Å². The fraction of sp³-hybridized carbons (Fsp3) is 0.647. The van der Waals surface area contributed by atoms with Gasteiger partial charge in [-0.2, -0.15) is 0 Å². The van der Waals surface area contributed by atoms with Crippen LogP contribution in [0.3, 0.4) is 0 Å². The van der Waals surface area contributed by atoms with Crippen molar-refractivity contribution in [3.05, 3.63) is 35.4 Å². The van der Waals surface area contributed by atoms with Gasteiger partial charge in [-0.1, -0.05) is 24.3 Å². The molecule has 3 rings (SSSR count). The van der Waals surface area contributed by atoms with Gasteiger partial charge in [0.25, 0.3) is 0 Å². The van der Waals surface area contributed by atoms with Crippen molar-refractivity contribution in [3.63, 3.8) is 0 Å². The van der Waals surface area contributed by atoms with E-state index in [1.807, 2.05) is 6.07 Å². The lowest BCUT2D eigenvalue weighted by Gasteiger charge is -2.27. The molecule has 2 aliphatic rings. The summed E-state index contributed by atoms with van der Waals surface area (Å²) in [5.74, 6) is 0.423. The Balaban J connectivity index is 1.44. The average molecular weight is 339 g/mol. The topological polar surface area (TPSA) is 75.6 Å². The molecule has 0 amide bonds. The van der Waals surface area contributed by atoms with Gasteiger partial charge in [-0.15, -0.1) is 0 Å². The lowest BCUT2D eigenvalue weighted by atomic mass is 9.89. The third-order valence-corrected chi connectivity index (χ3v) is 6.45. The predicted molar refractivity (Wildman–Crippen MR) is 89.1 cm³/mol. The summed E-state index contributed by atoms with van der Waals surface area (Å²) in [7, 11) is -2.88. The van der Waals surface area contributed by atoms with Gasteiger partial charge in [-0.25, -0.2) is 8.42 Å². The summed E-state index contributed by atoms with van der Waals surface area (Å²) in [5, 5.41) is 13.2. The van der Waals surface area contributed by atoms with Gasteiger partial charge in [0.05, 0.1) is 30.3 Å². The molecular weight excluding hydrogens is 314 g/mol. The Labute approximate surface area is 138 Å². The Bertz CT molecular complexity index is 631. The van der Waals surface area contributed by atoms with Crippen LogP contribution in [0.25, 0.3) is 0 Å². The molecule has 0 unspecified atom stereocenters. The highest BCUT2D eigenvalue weighted by Gasteiger charge is 2.28. The van der Waals surface area contributed by atoms with Gasteiger partial charge in [0.2, 0.25) is 0 Å². The first-order valence-electron chi connectivity index (χ1n) is 8.35. The zero-order chi connectivity index (χ0) is 16.3. The van der Waals surface area contributed by atoms with Gasteiger partial charge in [0, 0.05) is 12.6 Å². The minimum absolute atomic E-state index is 0.0370. The van der Waals surface area contributed by atoms with Gasteiger partial charge in [-0.05, 0) is 36.8 Å². The highest BCUT2D eigenvalue weighted by molar-refractivity contribution is 7.91. The molecule has 1 aliphatic heterocycles. The fourth-order valence-electron chi connectivity index (χ4n) is 3.43. The van der Waals surface area contributed by atoms with Crippen LogP contribution in [0.15, 0.2) is 24.3 Å². The minimum atomic E-state index is -2.88. The molecule has 1 saturated heterocycles. The quantitative estimate of drug-likeness (QED) is 0.815. The molecule has 1 heterocycles. The van der Waals surface area contributed by atoms with Crippen LogP contribution in [0.1, 0.15) is 36.5 Å². The number of hydrogen-bond donors (Lipinski definition) is 2. The molecule has 6 heteroatoms. The number of aryl methyl sites for hydroxylation is 1. The largest absolute Gasteiger partial charge is 0.389 e. The molecule has 1 aliphatic carbocycles. The maximum atomic E-state index is 11.4. The summed E-state index contributed by atoms with van der Waals surface area (Å²) in [6, 6.07) is 8.29. The number of rotatable bonds is 6. The Morgan fingerprint density at radius 2 is 2.13 bits per heavy atom. The Morgan fingerprint density at radius 1 is 1.30 bits per heavy atom. The number of aliphatic hydroxyl groups is 1. The van der Waals surface area contributed by atoms with E-state index in [2.05, 4.69) is 23.5 Å². The van der Waals surface area contributed by atoms with E-state index >= 15 is 0 Å². The number of sulfone groups is 1. The zero-order valence-electron chi connectivity index (χ0n) is 13.3. The normalized spacial score (nSPS) is 27.5. The van der Waals surface area contributed by atoms with Crippen molar-refractivity contribution < 1.29 is 18.3 Å². The van der Waals surface area contributed by atoms with Crippen molar-refractivity contribution in [2.75, 3.05) is 24.7 Å². The molecule has 5 nitrogen and oxygen atoms in total. The first-order valence-corrected chi connectivity index (χ1v) is 10.2. The van der Waals surface area contributed by atoms with Crippen molar-refractivity contribution in [1.82, 2.24) is 5.32 Å². The first-order chi connectivity index (χ1) is 11.0. The lowest BCUT2D eigenvalue weighted by Crippen LogP contribution is -2.38. The van der Waals surface area contributed by atoms with Crippen LogP contribution in [0, 0.1) is 0 Å². The second-order valence-electron chi connectivity index (χ2n) is 6.58. The zero-order valence-corrected chi connectivity index (χ0v) is 14.1. The summed E-state index contributed by atoms with van der Waals surface area (Å²) in [5.41, 5.74) is 2.58. The van der Waals surface area contributed by atoms with E-state index < -0.39 is 15.9 Å². The predicted octanol–water partition coefficient (Wildman–Crippen LogP) is 1.22. The first kappa shape index (κ1) is 16.9. The van der Waals surface area contributed by atoms with E-state index in [9.17, 15) is 13.5 Å². The number of fused-ring (bicyclic) bond motifs is 1. The average Bonchev–Trinajstić information content (AvgIpc) is 2.90. The van der Waals surface area contributed by atoms with Crippen LogP contribution in [0.4, 0.5) is 0 Å². The lowest BCUT2D eigenvalue weighted by molar-refractivity contribution is -0.0172. The monoisotopic (exact) mass is 339 g/mol. The summed E-state index contributed by atoms with van der Waals surface area (Å²) in [6.07, 6.45) is 3.25. The van der Waals surface area contributed by atoms with E-state index in [1.54, 1.807) is 0 Å². The summed E-state index contributed by atoms with van der Waals surface area (Å²) in [6.45, 7) is 0.639. The molecule has 1 fully saturated rings. The van der Waals surface area contributed by atoms with Gasteiger partial charge in [-0.3, -0.25) is 0 Å². The van der Waals surface area contributed by atoms with Crippen molar-refractivity contribution in [3.8, 4) is 0 Å². The fourth-order valence-corrected chi connectivity index (χ4v) is 5.14. The molecule has 0 radical (unpaired) electrons. The third-order valence-electron chi connectivity index (χ3n) is 4.68. The smallest absolute Gasteiger partial charge is 0.151 e. The highest BCUT2D eigenvalue weighted by atomic mass is 32.2. The second kappa shape index (κ2) is 7.30. The molecule has 0 bridgehead atoms. The molecule has 128 valence electrons. The third kappa shape index (κ3) is 4.53. The Kier molecular flexibility index (Phi) is 5.36.